The molecule has 1 N–H and O–H groups in total. The highest BCUT2D eigenvalue weighted by Gasteiger charge is 2.36. The lowest BCUT2D eigenvalue weighted by atomic mass is 10.2. The Morgan fingerprint density at radius 3 is 2.67 bits per heavy atom. The summed E-state index contributed by atoms with van der Waals surface area (Å²) in [6.45, 7) is 0.850. The smallest absolute Gasteiger partial charge is 0.312 e. The first kappa shape index (κ1) is 13.2. The number of nitrogens with zero attached hydrogens (tertiary/aromatic N) is 2. The third-order valence-corrected chi connectivity index (χ3v) is 3.03. The fraction of sp³-hybridized carbons (Fsp3) is 0.800. The third-order valence-electron chi connectivity index (χ3n) is 3.03. The first-order valence-corrected chi connectivity index (χ1v) is 5.73. The number of nitrogens with one attached hydrogen (secondary N) is 1. The summed E-state index contributed by atoms with van der Waals surface area (Å²) >= 11 is 0. The molecule has 0 saturated carbocycles. The first-order valence-electron chi connectivity index (χ1n) is 5.73. The van der Waals surface area contributed by atoms with Crippen LogP contribution in [0.15, 0.2) is 0 Å². The minimum atomic E-state index is -1.28. The van der Waals surface area contributed by atoms with Crippen LogP contribution >= 0.6 is 0 Å². The Morgan fingerprint density at radius 2 is 2.06 bits per heavy atom. The molecule has 1 unspecified atom stereocenters. The van der Waals surface area contributed by atoms with E-state index in [1.165, 1.54) is 0 Å². The third kappa shape index (κ3) is 3.14. The second-order valence-corrected chi connectivity index (χ2v) is 4.53. The van der Waals surface area contributed by atoms with Crippen molar-refractivity contribution >= 4 is 12.4 Å². The standard InChI is InChI=1S/C10H15F2N3O3/c11-7-1-14(2-7)5-10(17)13-9-4-15(18-6-16)3-8(9)12/h6-9H,1-5H2,(H,13,17)/t8?,9-/m0/s1. The van der Waals surface area contributed by atoms with E-state index < -0.39 is 18.4 Å². The van der Waals surface area contributed by atoms with Crippen molar-refractivity contribution < 1.29 is 23.2 Å². The molecule has 2 rings (SSSR count). The quantitative estimate of drug-likeness (QED) is 0.636. The summed E-state index contributed by atoms with van der Waals surface area (Å²) in [6.07, 6.45) is -2.14. The Kier molecular flexibility index (Phi) is 4.07. The highest BCUT2D eigenvalue weighted by molar-refractivity contribution is 5.78. The van der Waals surface area contributed by atoms with Crippen LogP contribution in [0.1, 0.15) is 0 Å². The van der Waals surface area contributed by atoms with Crippen LogP contribution < -0.4 is 5.32 Å². The van der Waals surface area contributed by atoms with Crippen molar-refractivity contribution in [2.75, 3.05) is 32.7 Å². The Labute approximate surface area is 103 Å². The summed E-state index contributed by atoms with van der Waals surface area (Å²) in [4.78, 5) is 27.8. The molecule has 0 aromatic carbocycles. The van der Waals surface area contributed by atoms with Crippen LogP contribution in [0.2, 0.25) is 0 Å². The van der Waals surface area contributed by atoms with E-state index in [1.54, 1.807) is 4.90 Å². The van der Waals surface area contributed by atoms with Gasteiger partial charge in [-0.25, -0.2) is 8.78 Å². The number of likely N-dealkylation sites (tertiary alicyclic amines) is 1. The molecule has 6 nitrogen and oxygen atoms in total. The number of hydrogen-bond acceptors (Lipinski definition) is 5. The SMILES string of the molecule is O=CON1CC(F)[C@@H](NC(=O)CN2CC(F)C2)C1. The van der Waals surface area contributed by atoms with Crippen LogP contribution in [0.3, 0.4) is 0 Å². The fourth-order valence-electron chi connectivity index (χ4n) is 2.10. The summed E-state index contributed by atoms with van der Waals surface area (Å²) in [7, 11) is 0. The van der Waals surface area contributed by atoms with Gasteiger partial charge in [-0.2, -0.15) is 0 Å². The minimum absolute atomic E-state index is 0.0556. The molecule has 2 heterocycles. The number of carbonyl (C=O) groups excluding carboxylic acids is 2. The lowest BCUT2D eigenvalue weighted by molar-refractivity contribution is -0.169. The van der Waals surface area contributed by atoms with E-state index in [0.717, 1.165) is 5.06 Å². The van der Waals surface area contributed by atoms with Crippen LogP contribution in [-0.2, 0) is 14.4 Å². The van der Waals surface area contributed by atoms with Gasteiger partial charge in [0.15, 0.2) is 0 Å². The molecule has 8 heteroatoms. The maximum absolute atomic E-state index is 13.5. The number of rotatable bonds is 5. The van der Waals surface area contributed by atoms with Crippen LogP contribution in [0.4, 0.5) is 8.78 Å². The van der Waals surface area contributed by atoms with Crippen LogP contribution in [-0.4, -0.2) is 73.5 Å². The summed E-state index contributed by atoms with van der Waals surface area (Å²) in [5, 5.41) is 3.67. The van der Waals surface area contributed by atoms with Gasteiger partial charge in [-0.05, 0) is 0 Å². The minimum Gasteiger partial charge on any atom is -0.371 e. The van der Waals surface area contributed by atoms with E-state index in [1.807, 2.05) is 0 Å². The highest BCUT2D eigenvalue weighted by atomic mass is 19.1. The second kappa shape index (κ2) is 5.57. The van der Waals surface area contributed by atoms with E-state index in [4.69, 9.17) is 0 Å². The fourth-order valence-corrected chi connectivity index (χ4v) is 2.10. The van der Waals surface area contributed by atoms with Gasteiger partial charge in [-0.3, -0.25) is 14.5 Å². The lowest BCUT2D eigenvalue weighted by Crippen LogP contribution is -2.54. The average molecular weight is 263 g/mol. The van der Waals surface area contributed by atoms with Gasteiger partial charge in [0.25, 0.3) is 0 Å². The van der Waals surface area contributed by atoms with Gasteiger partial charge in [-0.1, -0.05) is 0 Å². The predicted molar refractivity (Wildman–Crippen MR) is 56.9 cm³/mol. The Balaban J connectivity index is 1.72. The van der Waals surface area contributed by atoms with Gasteiger partial charge in [0.2, 0.25) is 5.91 Å². The van der Waals surface area contributed by atoms with E-state index >= 15 is 0 Å². The van der Waals surface area contributed by atoms with Crippen molar-refractivity contribution in [3.8, 4) is 0 Å². The Morgan fingerprint density at radius 1 is 1.33 bits per heavy atom. The van der Waals surface area contributed by atoms with Crippen molar-refractivity contribution in [3.05, 3.63) is 0 Å². The number of alkyl halides is 2. The van der Waals surface area contributed by atoms with E-state index in [0.29, 0.717) is 0 Å². The normalized spacial score (nSPS) is 29.9. The molecule has 2 aliphatic rings. The predicted octanol–water partition coefficient (Wildman–Crippen LogP) is -1.13. The number of hydrogen-bond donors (Lipinski definition) is 1. The average Bonchev–Trinajstić information content (AvgIpc) is 2.57. The van der Waals surface area contributed by atoms with Gasteiger partial charge in [-0.15, -0.1) is 5.06 Å². The Hall–Kier alpha value is -1.28. The molecule has 0 spiro atoms. The molecule has 0 bridgehead atoms. The summed E-state index contributed by atoms with van der Waals surface area (Å²) in [5.41, 5.74) is 0. The summed E-state index contributed by atoms with van der Waals surface area (Å²) in [6, 6.07) is -0.695. The molecule has 0 aromatic rings. The molecule has 102 valence electrons. The molecular weight excluding hydrogens is 248 g/mol. The lowest BCUT2D eigenvalue weighted by Gasteiger charge is -2.33. The first-order chi connectivity index (χ1) is 8.58. The monoisotopic (exact) mass is 263 g/mol. The van der Waals surface area contributed by atoms with Crippen molar-refractivity contribution in [2.45, 2.75) is 18.4 Å². The topological polar surface area (TPSA) is 61.9 Å². The molecule has 18 heavy (non-hydrogen) atoms. The largest absolute Gasteiger partial charge is 0.371 e. The van der Waals surface area contributed by atoms with Gasteiger partial charge in [0.1, 0.15) is 12.3 Å². The molecule has 2 fully saturated rings. The second-order valence-electron chi connectivity index (χ2n) is 4.53. The van der Waals surface area contributed by atoms with Crippen molar-refractivity contribution in [2.24, 2.45) is 0 Å². The molecule has 2 saturated heterocycles. The zero-order valence-electron chi connectivity index (χ0n) is 9.72. The van der Waals surface area contributed by atoms with Crippen LogP contribution in [0.5, 0.6) is 0 Å². The number of halogens is 2. The molecule has 1 amide bonds. The van der Waals surface area contributed by atoms with Gasteiger partial charge in [0.05, 0.1) is 25.7 Å². The van der Waals surface area contributed by atoms with E-state index in [-0.39, 0.29) is 45.1 Å². The van der Waals surface area contributed by atoms with Gasteiger partial charge in [0, 0.05) is 13.1 Å². The number of amides is 1. The maximum atomic E-state index is 13.5. The van der Waals surface area contributed by atoms with Crippen LogP contribution in [0.25, 0.3) is 0 Å². The molecular formula is C10H15F2N3O3. The maximum Gasteiger partial charge on any atom is 0.312 e. The molecule has 0 aromatic heterocycles. The van der Waals surface area contributed by atoms with Gasteiger partial charge < -0.3 is 10.2 Å². The zero-order chi connectivity index (χ0) is 13.1. The molecule has 0 aliphatic carbocycles. The van der Waals surface area contributed by atoms with Crippen molar-refractivity contribution in [1.82, 2.24) is 15.3 Å². The highest BCUT2D eigenvalue weighted by Crippen LogP contribution is 2.14. The van der Waals surface area contributed by atoms with Crippen molar-refractivity contribution in [3.63, 3.8) is 0 Å². The molecule has 0 radical (unpaired) electrons. The van der Waals surface area contributed by atoms with Crippen LogP contribution in [0, 0.1) is 0 Å². The number of carbonyl (C=O) groups is 2. The van der Waals surface area contributed by atoms with E-state index in [9.17, 15) is 18.4 Å². The summed E-state index contributed by atoms with van der Waals surface area (Å²) < 4.78 is 26.0. The van der Waals surface area contributed by atoms with Crippen molar-refractivity contribution in [1.29, 1.82) is 0 Å². The zero-order valence-corrected chi connectivity index (χ0v) is 9.72. The Bertz CT molecular complexity index is 325. The summed E-state index contributed by atoms with van der Waals surface area (Å²) in [5.74, 6) is -0.345. The van der Waals surface area contributed by atoms with E-state index in [2.05, 4.69) is 10.2 Å². The van der Waals surface area contributed by atoms with Gasteiger partial charge >= 0.3 is 6.47 Å². The molecule has 2 aliphatic heterocycles. The number of hydroxylamine groups is 2. The molecule has 2 atom stereocenters.